The van der Waals surface area contributed by atoms with Crippen molar-refractivity contribution >= 4 is 41.0 Å². The van der Waals surface area contributed by atoms with Crippen LogP contribution in [0.4, 0.5) is 5.69 Å². The highest BCUT2D eigenvalue weighted by Crippen LogP contribution is 2.60. The van der Waals surface area contributed by atoms with Crippen LogP contribution in [0.5, 0.6) is 0 Å². The Morgan fingerprint density at radius 3 is 2.40 bits per heavy atom. The van der Waals surface area contributed by atoms with Crippen LogP contribution in [-0.2, 0) is 28.7 Å². The van der Waals surface area contributed by atoms with Gasteiger partial charge in [-0.3, -0.25) is 19.2 Å². The molecule has 1 spiro atoms. The minimum absolute atomic E-state index is 0.109. The van der Waals surface area contributed by atoms with Crippen LogP contribution in [0.2, 0.25) is 5.02 Å². The van der Waals surface area contributed by atoms with Crippen LogP contribution < -0.4 is 4.90 Å². The molecule has 2 aromatic rings. The molecule has 8 atom stereocenters. The van der Waals surface area contributed by atoms with Crippen molar-refractivity contribution in [3.8, 4) is 0 Å². The van der Waals surface area contributed by atoms with E-state index < -0.39 is 65.6 Å². The zero-order valence-corrected chi connectivity index (χ0v) is 30.0. The third kappa shape index (κ3) is 6.61. The lowest BCUT2D eigenvalue weighted by atomic mass is 9.70. The molecule has 0 aliphatic carbocycles. The van der Waals surface area contributed by atoms with Gasteiger partial charge in [0, 0.05) is 20.0 Å². The Kier molecular flexibility index (Phi) is 11.5. The number of likely N-dealkylation sites (tertiary alicyclic amines) is 1. The molecule has 3 aliphatic rings. The zero-order valence-electron chi connectivity index (χ0n) is 29.2. The van der Waals surface area contributed by atoms with E-state index >= 15 is 0 Å². The van der Waals surface area contributed by atoms with Crippen LogP contribution in [0.3, 0.4) is 0 Å². The Bertz CT molecular complexity index is 1600. The molecule has 5 rings (SSSR count). The molecular weight excluding hydrogens is 658 g/mol. The molecule has 0 aromatic heterocycles. The van der Waals surface area contributed by atoms with E-state index in [2.05, 4.69) is 13.2 Å². The number of aliphatic hydroxyl groups excluding tert-OH is 1. The summed E-state index contributed by atoms with van der Waals surface area (Å²) in [7, 11) is 1.68. The number of aliphatic hydroxyl groups is 1. The number of rotatable bonds is 15. The minimum Gasteiger partial charge on any atom is -0.455 e. The first-order valence-corrected chi connectivity index (χ1v) is 17.7. The van der Waals surface area contributed by atoms with Crippen molar-refractivity contribution in [2.75, 3.05) is 25.1 Å². The van der Waals surface area contributed by atoms with Crippen LogP contribution in [0, 0.1) is 17.8 Å². The van der Waals surface area contributed by atoms with Gasteiger partial charge in [0.2, 0.25) is 11.8 Å². The molecule has 11 heteroatoms. The lowest BCUT2D eigenvalue weighted by Crippen LogP contribution is -2.59. The number of fused-ring (bicyclic) bond motifs is 1. The van der Waals surface area contributed by atoms with Gasteiger partial charge < -0.3 is 29.3 Å². The third-order valence-corrected chi connectivity index (χ3v) is 11.0. The number of allylic oxidation sites excluding steroid dienone is 1. The Hall–Kier alpha value is -3.99. The minimum atomic E-state index is -1.34. The molecule has 2 bridgehead atoms. The Labute approximate surface area is 299 Å². The Morgan fingerprint density at radius 2 is 1.78 bits per heavy atom. The number of hydrogen-bond acceptors (Lipinski definition) is 7. The van der Waals surface area contributed by atoms with Crippen molar-refractivity contribution in [1.82, 2.24) is 9.80 Å². The van der Waals surface area contributed by atoms with E-state index in [9.17, 15) is 24.3 Å². The van der Waals surface area contributed by atoms with Crippen LogP contribution in [-0.4, -0.2) is 88.6 Å². The lowest BCUT2D eigenvalue weighted by molar-refractivity contribution is -0.165. The summed E-state index contributed by atoms with van der Waals surface area (Å²) in [6.45, 7) is 12.9. The number of anilines is 1. The second kappa shape index (κ2) is 15.5. The fourth-order valence-corrected chi connectivity index (χ4v) is 8.23. The summed E-state index contributed by atoms with van der Waals surface area (Å²) in [5.41, 5.74) is -0.189. The summed E-state index contributed by atoms with van der Waals surface area (Å²) in [6.07, 6.45) is 3.35. The Balaban J connectivity index is 1.54. The number of benzene rings is 2. The van der Waals surface area contributed by atoms with Crippen LogP contribution >= 0.6 is 11.6 Å². The number of esters is 1. The molecule has 3 amide bonds. The van der Waals surface area contributed by atoms with Gasteiger partial charge in [-0.1, -0.05) is 80.1 Å². The van der Waals surface area contributed by atoms with Crippen molar-refractivity contribution in [2.45, 2.75) is 82.4 Å². The van der Waals surface area contributed by atoms with E-state index in [4.69, 9.17) is 21.1 Å². The highest BCUT2D eigenvalue weighted by Gasteiger charge is 2.76. The topological polar surface area (TPSA) is 117 Å². The number of hydrogen-bond donors (Lipinski definition) is 1. The number of likely N-dealkylation sites (N-methyl/N-ethyl adjacent to an activating group) is 1. The fourth-order valence-electron chi connectivity index (χ4n) is 7.99. The maximum Gasteiger partial charge on any atom is 0.313 e. The van der Waals surface area contributed by atoms with E-state index in [0.717, 1.165) is 0 Å². The molecule has 3 aliphatic heterocycles. The average Bonchev–Trinajstić information content (AvgIpc) is 3.76. The number of para-hydroxylation sites is 1. The van der Waals surface area contributed by atoms with Crippen LogP contribution in [0.25, 0.3) is 0 Å². The van der Waals surface area contributed by atoms with Gasteiger partial charge in [-0.05, 0) is 49.8 Å². The van der Waals surface area contributed by atoms with Crippen molar-refractivity contribution in [1.29, 1.82) is 0 Å². The molecule has 0 unspecified atom stereocenters. The maximum absolute atomic E-state index is 14.9. The second-order valence-corrected chi connectivity index (χ2v) is 14.2. The van der Waals surface area contributed by atoms with Crippen molar-refractivity contribution in [2.24, 2.45) is 17.8 Å². The van der Waals surface area contributed by atoms with Crippen LogP contribution in [0.1, 0.15) is 58.1 Å². The number of halogens is 1. The summed E-state index contributed by atoms with van der Waals surface area (Å²) >= 11 is 6.58. The first kappa shape index (κ1) is 37.3. The molecule has 50 heavy (non-hydrogen) atoms. The summed E-state index contributed by atoms with van der Waals surface area (Å²) in [5, 5.41) is 11.0. The highest BCUT2D eigenvalue weighted by atomic mass is 35.5. The number of carbonyl (C=O) groups is 4. The smallest absolute Gasteiger partial charge is 0.313 e. The van der Waals surface area contributed by atoms with Gasteiger partial charge in [0.15, 0.2) is 0 Å². The van der Waals surface area contributed by atoms with E-state index in [1.807, 2.05) is 51.1 Å². The standard InChI is InChI=1S/C39H48ClN3O7/c1-7-9-19-31(45)41(6)25(5)34(26-15-11-10-12-16-26)49-38(48)32-30-20-21-39(50-30)33(32)36(46)43(29(23-44)24(3)4)35(39)37(47)42(22-8-2)28-18-14-13-17-27(28)40/h7-8,10-18,24-25,29-30,32-35,44H,1-2,9,19-23H2,3-6H3/t25-,29-,30-,32+,33+,34+,35-,39+/m0/s1. The van der Waals surface area contributed by atoms with Gasteiger partial charge >= 0.3 is 5.97 Å². The average molecular weight is 706 g/mol. The highest BCUT2D eigenvalue weighted by molar-refractivity contribution is 6.34. The van der Waals surface area contributed by atoms with Crippen molar-refractivity contribution in [3.05, 3.63) is 90.5 Å². The van der Waals surface area contributed by atoms with Crippen molar-refractivity contribution in [3.63, 3.8) is 0 Å². The largest absolute Gasteiger partial charge is 0.455 e. The number of carbonyl (C=O) groups excluding carboxylic acids is 4. The molecule has 268 valence electrons. The monoisotopic (exact) mass is 705 g/mol. The third-order valence-electron chi connectivity index (χ3n) is 10.7. The van der Waals surface area contributed by atoms with Gasteiger partial charge in [0.25, 0.3) is 5.91 Å². The summed E-state index contributed by atoms with van der Waals surface area (Å²) in [4.78, 5) is 61.6. The van der Waals surface area contributed by atoms with E-state index in [1.54, 1.807) is 48.4 Å². The fraction of sp³-hybridized carbons (Fsp3) is 0.487. The number of amides is 3. The van der Waals surface area contributed by atoms with E-state index in [-0.39, 0.29) is 31.4 Å². The number of nitrogens with zero attached hydrogens (tertiary/aromatic N) is 3. The molecule has 3 fully saturated rings. The summed E-state index contributed by atoms with van der Waals surface area (Å²) < 4.78 is 13.0. The molecule has 3 heterocycles. The molecule has 2 aromatic carbocycles. The predicted molar refractivity (Wildman–Crippen MR) is 191 cm³/mol. The first-order valence-electron chi connectivity index (χ1n) is 17.3. The van der Waals surface area contributed by atoms with Crippen molar-refractivity contribution < 1.29 is 33.8 Å². The van der Waals surface area contributed by atoms with Gasteiger partial charge in [0.1, 0.15) is 17.7 Å². The van der Waals surface area contributed by atoms with Gasteiger partial charge in [0.05, 0.1) is 47.3 Å². The molecular formula is C39H48ClN3O7. The van der Waals surface area contributed by atoms with Gasteiger partial charge in [-0.2, -0.15) is 0 Å². The zero-order chi connectivity index (χ0) is 36.3. The predicted octanol–water partition coefficient (Wildman–Crippen LogP) is 5.35. The lowest BCUT2D eigenvalue weighted by Gasteiger charge is -2.40. The number of ether oxygens (including phenoxy) is 2. The SMILES string of the molecule is C=CCCC(=O)N(C)[C@@H](C)[C@@H](OC(=O)[C@@H]1[C@@H]2CC[C@]3(O2)[C@H](C(=O)N(CC=C)c2ccccc2Cl)N([C@@H](CO)C(C)C)C(=O)[C@@H]13)c1ccccc1. The normalized spacial score (nSPS) is 25.5. The van der Waals surface area contributed by atoms with E-state index in [1.165, 1.54) is 9.80 Å². The maximum atomic E-state index is 14.9. The summed E-state index contributed by atoms with van der Waals surface area (Å²) in [5.74, 6) is -3.86. The molecule has 10 nitrogen and oxygen atoms in total. The molecule has 0 radical (unpaired) electrons. The second-order valence-electron chi connectivity index (χ2n) is 13.8. The van der Waals surface area contributed by atoms with Crippen LogP contribution in [0.15, 0.2) is 79.9 Å². The Morgan fingerprint density at radius 1 is 1.10 bits per heavy atom. The molecule has 0 saturated carbocycles. The van der Waals surface area contributed by atoms with Gasteiger partial charge in [-0.25, -0.2) is 0 Å². The molecule has 1 N–H and O–H groups in total. The van der Waals surface area contributed by atoms with E-state index in [0.29, 0.717) is 35.5 Å². The molecule has 3 saturated heterocycles. The quantitative estimate of drug-likeness (QED) is 0.196. The van der Waals surface area contributed by atoms with Gasteiger partial charge in [-0.15, -0.1) is 13.2 Å². The summed E-state index contributed by atoms with van der Waals surface area (Å²) in [6, 6.07) is 13.7. The first-order chi connectivity index (χ1) is 23.9.